The fraction of sp³-hybridized carbons (Fsp3) is 0.588. The molecule has 1 aromatic rings. The number of aryl methyl sites for hydroxylation is 1. The Balaban J connectivity index is 1.78. The molecule has 1 aliphatic carbocycles. The Kier molecular flexibility index (Phi) is 3.69. The van der Waals surface area contributed by atoms with Gasteiger partial charge in [-0.05, 0) is 43.7 Å². The summed E-state index contributed by atoms with van der Waals surface area (Å²) in [5.74, 6) is 1.37. The summed E-state index contributed by atoms with van der Waals surface area (Å²) in [4.78, 5) is 12.7. The van der Waals surface area contributed by atoms with Crippen molar-refractivity contribution in [3.05, 3.63) is 35.4 Å². The monoisotopic (exact) mass is 257 g/mol. The second-order valence-corrected chi connectivity index (χ2v) is 6.03. The SMILES string of the molecule is CCC1CCNC(C2CCc3ccccc3C2=O)C1. The highest BCUT2D eigenvalue weighted by Gasteiger charge is 2.35. The van der Waals surface area contributed by atoms with Gasteiger partial charge in [0.05, 0.1) is 0 Å². The minimum absolute atomic E-state index is 0.198. The minimum Gasteiger partial charge on any atom is -0.313 e. The molecule has 1 aliphatic heterocycles. The highest BCUT2D eigenvalue weighted by molar-refractivity contribution is 6.00. The quantitative estimate of drug-likeness (QED) is 0.881. The number of benzene rings is 1. The molecule has 0 radical (unpaired) electrons. The van der Waals surface area contributed by atoms with Crippen LogP contribution in [0.5, 0.6) is 0 Å². The Hall–Kier alpha value is -1.15. The van der Waals surface area contributed by atoms with Crippen LogP contribution < -0.4 is 5.32 Å². The van der Waals surface area contributed by atoms with Crippen molar-refractivity contribution in [2.75, 3.05) is 6.54 Å². The van der Waals surface area contributed by atoms with Gasteiger partial charge in [0.2, 0.25) is 0 Å². The van der Waals surface area contributed by atoms with Crippen LogP contribution in [0.2, 0.25) is 0 Å². The minimum atomic E-state index is 0.198. The summed E-state index contributed by atoms with van der Waals surface area (Å²) in [5.41, 5.74) is 2.21. The van der Waals surface area contributed by atoms with Gasteiger partial charge in [0, 0.05) is 17.5 Å². The fourth-order valence-corrected chi connectivity index (χ4v) is 3.71. The van der Waals surface area contributed by atoms with Crippen LogP contribution in [-0.4, -0.2) is 18.4 Å². The Morgan fingerprint density at radius 1 is 1.26 bits per heavy atom. The Labute approximate surface area is 115 Å². The molecule has 2 heteroatoms. The molecule has 0 bridgehead atoms. The van der Waals surface area contributed by atoms with Crippen LogP contribution in [0.4, 0.5) is 0 Å². The molecule has 102 valence electrons. The topological polar surface area (TPSA) is 29.1 Å². The summed E-state index contributed by atoms with van der Waals surface area (Å²) in [5, 5.41) is 3.59. The molecule has 2 nitrogen and oxygen atoms in total. The zero-order valence-corrected chi connectivity index (χ0v) is 11.7. The number of ketones is 1. The van der Waals surface area contributed by atoms with Gasteiger partial charge in [0.1, 0.15) is 0 Å². The van der Waals surface area contributed by atoms with Crippen molar-refractivity contribution in [3.63, 3.8) is 0 Å². The lowest BCUT2D eigenvalue weighted by molar-refractivity contribution is 0.0838. The summed E-state index contributed by atoms with van der Waals surface area (Å²) in [6, 6.07) is 8.54. The molecular formula is C17H23NO. The average Bonchev–Trinajstić information content (AvgIpc) is 2.48. The Bertz CT molecular complexity index is 468. The lowest BCUT2D eigenvalue weighted by Crippen LogP contribution is -2.47. The Morgan fingerprint density at radius 3 is 2.95 bits per heavy atom. The van der Waals surface area contributed by atoms with Crippen molar-refractivity contribution in [1.82, 2.24) is 5.32 Å². The van der Waals surface area contributed by atoms with Crippen LogP contribution in [0.25, 0.3) is 0 Å². The molecule has 1 saturated heterocycles. The van der Waals surface area contributed by atoms with E-state index in [9.17, 15) is 4.79 Å². The molecule has 0 amide bonds. The number of fused-ring (bicyclic) bond motifs is 1. The van der Waals surface area contributed by atoms with Crippen molar-refractivity contribution in [2.24, 2.45) is 11.8 Å². The van der Waals surface area contributed by atoms with Gasteiger partial charge in [-0.2, -0.15) is 0 Å². The first kappa shape index (κ1) is 12.9. The third-order valence-corrected chi connectivity index (χ3v) is 4.95. The van der Waals surface area contributed by atoms with Crippen LogP contribution in [0.1, 0.15) is 48.5 Å². The molecule has 1 N–H and O–H groups in total. The van der Waals surface area contributed by atoms with Gasteiger partial charge in [-0.3, -0.25) is 4.79 Å². The van der Waals surface area contributed by atoms with E-state index in [1.165, 1.54) is 24.8 Å². The maximum absolute atomic E-state index is 12.7. The summed E-state index contributed by atoms with van der Waals surface area (Å²) in [6.07, 6.45) is 5.76. The third-order valence-electron chi connectivity index (χ3n) is 4.95. The van der Waals surface area contributed by atoms with Crippen molar-refractivity contribution >= 4 is 5.78 Å². The van der Waals surface area contributed by atoms with Crippen LogP contribution in [0, 0.1) is 11.8 Å². The number of carbonyl (C=O) groups is 1. The van der Waals surface area contributed by atoms with E-state index in [-0.39, 0.29) is 5.92 Å². The Morgan fingerprint density at radius 2 is 2.11 bits per heavy atom. The summed E-state index contributed by atoms with van der Waals surface area (Å²) in [7, 11) is 0. The second-order valence-electron chi connectivity index (χ2n) is 6.03. The molecule has 0 spiro atoms. The van der Waals surface area contributed by atoms with Crippen molar-refractivity contribution < 1.29 is 4.79 Å². The number of Topliss-reactive ketones (excluding diaryl/α,β-unsaturated/α-hetero) is 1. The highest BCUT2D eigenvalue weighted by atomic mass is 16.1. The number of hydrogen-bond donors (Lipinski definition) is 1. The molecule has 2 aliphatic rings. The van der Waals surface area contributed by atoms with Gasteiger partial charge in [-0.1, -0.05) is 37.6 Å². The number of rotatable bonds is 2. The summed E-state index contributed by atoms with van der Waals surface area (Å²) < 4.78 is 0. The van der Waals surface area contributed by atoms with Crippen LogP contribution in [-0.2, 0) is 6.42 Å². The predicted octanol–water partition coefficient (Wildman–Crippen LogP) is 3.21. The normalized spacial score (nSPS) is 31.0. The predicted molar refractivity (Wildman–Crippen MR) is 77.4 cm³/mol. The summed E-state index contributed by atoms with van der Waals surface area (Å²) >= 11 is 0. The average molecular weight is 257 g/mol. The van der Waals surface area contributed by atoms with Gasteiger partial charge >= 0.3 is 0 Å². The highest BCUT2D eigenvalue weighted by Crippen LogP contribution is 2.32. The van der Waals surface area contributed by atoms with E-state index in [0.717, 1.165) is 30.9 Å². The first-order valence-electron chi connectivity index (χ1n) is 7.65. The molecule has 0 saturated carbocycles. The van der Waals surface area contributed by atoms with E-state index in [4.69, 9.17) is 0 Å². The molecule has 3 atom stereocenters. The van der Waals surface area contributed by atoms with E-state index in [1.54, 1.807) is 0 Å². The van der Waals surface area contributed by atoms with E-state index in [1.807, 2.05) is 18.2 Å². The smallest absolute Gasteiger partial charge is 0.167 e. The van der Waals surface area contributed by atoms with E-state index in [0.29, 0.717) is 11.8 Å². The lowest BCUT2D eigenvalue weighted by Gasteiger charge is -2.36. The van der Waals surface area contributed by atoms with Gasteiger partial charge in [0.25, 0.3) is 0 Å². The van der Waals surface area contributed by atoms with Crippen molar-refractivity contribution in [3.8, 4) is 0 Å². The first-order valence-corrected chi connectivity index (χ1v) is 7.65. The van der Waals surface area contributed by atoms with Gasteiger partial charge < -0.3 is 5.32 Å². The van der Waals surface area contributed by atoms with Crippen LogP contribution in [0.15, 0.2) is 24.3 Å². The number of piperidine rings is 1. The molecule has 1 aromatic carbocycles. The molecule has 1 fully saturated rings. The number of carbonyl (C=O) groups excluding carboxylic acids is 1. The van der Waals surface area contributed by atoms with Gasteiger partial charge in [-0.15, -0.1) is 0 Å². The molecule has 0 aromatic heterocycles. The van der Waals surface area contributed by atoms with Crippen molar-refractivity contribution in [1.29, 1.82) is 0 Å². The second kappa shape index (κ2) is 5.46. The van der Waals surface area contributed by atoms with E-state index >= 15 is 0 Å². The van der Waals surface area contributed by atoms with Crippen LogP contribution >= 0.6 is 0 Å². The van der Waals surface area contributed by atoms with Gasteiger partial charge in [0.15, 0.2) is 5.78 Å². The lowest BCUT2D eigenvalue weighted by atomic mass is 9.75. The zero-order valence-electron chi connectivity index (χ0n) is 11.7. The first-order chi connectivity index (χ1) is 9.29. The molecule has 3 unspecified atom stereocenters. The third kappa shape index (κ3) is 2.46. The maximum Gasteiger partial charge on any atom is 0.167 e. The fourth-order valence-electron chi connectivity index (χ4n) is 3.71. The summed E-state index contributed by atoms with van der Waals surface area (Å²) in [6.45, 7) is 3.35. The molecule has 3 rings (SSSR count). The molecular weight excluding hydrogens is 234 g/mol. The van der Waals surface area contributed by atoms with Crippen LogP contribution in [0.3, 0.4) is 0 Å². The standard InChI is InChI=1S/C17H23NO/c1-2-12-9-10-18-16(11-12)15-8-7-13-5-3-4-6-14(13)17(15)19/h3-6,12,15-16,18H,2,7-11H2,1H3. The van der Waals surface area contributed by atoms with E-state index < -0.39 is 0 Å². The largest absolute Gasteiger partial charge is 0.313 e. The van der Waals surface area contributed by atoms with Crippen molar-refractivity contribution in [2.45, 2.75) is 45.1 Å². The number of nitrogens with one attached hydrogen (secondary N) is 1. The maximum atomic E-state index is 12.7. The zero-order chi connectivity index (χ0) is 13.2. The van der Waals surface area contributed by atoms with Gasteiger partial charge in [-0.25, -0.2) is 0 Å². The molecule has 1 heterocycles. The molecule has 19 heavy (non-hydrogen) atoms. The van der Waals surface area contributed by atoms with E-state index in [2.05, 4.69) is 18.3 Å². The number of hydrogen-bond acceptors (Lipinski definition) is 2.